The molecule has 0 rings (SSSR count). The van der Waals surface area contributed by atoms with Crippen LogP contribution in [0.4, 0.5) is 13.2 Å². The molecule has 0 fully saturated rings. The summed E-state index contributed by atoms with van der Waals surface area (Å²) < 4.78 is 49.2. The fourth-order valence-electron chi connectivity index (χ4n) is 0.533. The van der Waals surface area contributed by atoms with E-state index in [0.29, 0.717) is 0 Å². The van der Waals surface area contributed by atoms with E-state index in [-0.39, 0.29) is 0 Å². The smallest absolute Gasteiger partial charge is 0.301 e. The molecular weight excluding hydrogens is 215 g/mol. The number of hydrogen-bond donors (Lipinski definition) is 1. The second-order valence-electron chi connectivity index (χ2n) is 3.68. The molecule has 2 nitrogen and oxygen atoms in total. The lowest BCUT2D eigenvalue weighted by Gasteiger charge is -2.21. The van der Waals surface area contributed by atoms with Crippen molar-refractivity contribution in [3.05, 3.63) is 11.8 Å². The maximum absolute atomic E-state index is 12.2. The Balaban J connectivity index is 4.61. The van der Waals surface area contributed by atoms with E-state index in [1.165, 1.54) is 6.92 Å². The van der Waals surface area contributed by atoms with Crippen molar-refractivity contribution < 1.29 is 17.4 Å². The second-order valence-corrected chi connectivity index (χ2v) is 5.65. The Labute approximate surface area is 84.2 Å². The van der Waals surface area contributed by atoms with E-state index in [0.717, 1.165) is 6.08 Å². The highest BCUT2D eigenvalue weighted by atomic mass is 32.2. The van der Waals surface area contributed by atoms with Crippen molar-refractivity contribution in [2.24, 2.45) is 0 Å². The van der Waals surface area contributed by atoms with Gasteiger partial charge in [-0.15, -0.1) is 0 Å². The zero-order valence-electron chi connectivity index (χ0n) is 8.53. The van der Waals surface area contributed by atoms with Gasteiger partial charge in [0, 0.05) is 0 Å². The molecule has 1 N–H and O–H groups in total. The average molecular weight is 229 g/mol. The van der Waals surface area contributed by atoms with Crippen LogP contribution in [0.2, 0.25) is 0 Å². The van der Waals surface area contributed by atoms with Gasteiger partial charge in [0.25, 0.3) is 0 Å². The Kier molecular flexibility index (Phi) is 4.17. The molecule has 0 aliphatic rings. The Morgan fingerprint density at radius 1 is 1.29 bits per heavy atom. The number of allylic oxidation sites excluding steroid dienone is 2. The molecule has 84 valence electrons. The molecule has 1 atom stereocenters. The molecule has 0 aliphatic carbocycles. The summed E-state index contributed by atoms with van der Waals surface area (Å²) in [5.74, 6) is 0. The van der Waals surface area contributed by atoms with Crippen molar-refractivity contribution in [1.82, 2.24) is 4.72 Å². The molecule has 14 heavy (non-hydrogen) atoms. The molecule has 0 saturated carbocycles. The summed E-state index contributed by atoms with van der Waals surface area (Å²) in [6, 6.07) is 0. The van der Waals surface area contributed by atoms with E-state index in [2.05, 4.69) is 0 Å². The van der Waals surface area contributed by atoms with Crippen LogP contribution in [0.15, 0.2) is 11.8 Å². The molecular formula is C8H14F3NOS. The summed E-state index contributed by atoms with van der Waals surface area (Å²) in [4.78, 5) is 0. The van der Waals surface area contributed by atoms with Gasteiger partial charge in [0.15, 0.2) is 0 Å². The van der Waals surface area contributed by atoms with Crippen molar-refractivity contribution in [2.75, 3.05) is 0 Å². The Hall–Kier alpha value is -0.520. The Bertz CT molecular complexity index is 252. The highest BCUT2D eigenvalue weighted by Crippen LogP contribution is 2.24. The third-order valence-electron chi connectivity index (χ3n) is 1.35. The van der Waals surface area contributed by atoms with E-state index in [1.54, 1.807) is 20.8 Å². The van der Waals surface area contributed by atoms with Gasteiger partial charge in [-0.3, -0.25) is 0 Å². The number of hydrogen-bond acceptors (Lipinski definition) is 1. The minimum Gasteiger partial charge on any atom is -0.301 e. The average Bonchev–Trinajstić information content (AvgIpc) is 1.95. The second kappa shape index (κ2) is 4.33. The minimum atomic E-state index is -4.48. The molecule has 0 unspecified atom stereocenters. The molecule has 0 saturated heterocycles. The van der Waals surface area contributed by atoms with Crippen LogP contribution in [0.3, 0.4) is 0 Å². The highest BCUT2D eigenvalue weighted by Gasteiger charge is 2.35. The predicted octanol–water partition coefficient (Wildman–Crippen LogP) is 2.50. The van der Waals surface area contributed by atoms with Gasteiger partial charge in [-0.1, -0.05) is 6.08 Å². The zero-order chi connectivity index (χ0) is 11.6. The fourth-order valence-corrected chi connectivity index (χ4v) is 1.27. The molecule has 0 heterocycles. The standard InChI is InChI=1S/C8H14F3NOS/c1-5-6(8(9,10)11)12-14(13)7(2,3)4/h5,12H,1-4H3/b6-5-/t14-/m0/s1. The molecule has 0 radical (unpaired) electrons. The third-order valence-corrected chi connectivity index (χ3v) is 2.87. The first kappa shape index (κ1) is 13.5. The molecule has 0 amide bonds. The zero-order valence-corrected chi connectivity index (χ0v) is 9.34. The fraction of sp³-hybridized carbons (Fsp3) is 0.750. The van der Waals surface area contributed by atoms with Gasteiger partial charge in [0.1, 0.15) is 16.7 Å². The minimum absolute atomic E-state index is 0.723. The van der Waals surface area contributed by atoms with E-state index in [9.17, 15) is 17.4 Å². The predicted molar refractivity (Wildman–Crippen MR) is 50.8 cm³/mol. The molecule has 0 aromatic heterocycles. The van der Waals surface area contributed by atoms with Gasteiger partial charge in [-0.25, -0.2) is 4.21 Å². The molecule has 0 aliphatic heterocycles. The van der Waals surface area contributed by atoms with E-state index in [4.69, 9.17) is 0 Å². The normalized spacial score (nSPS) is 16.6. The number of rotatable bonds is 2. The number of alkyl halides is 3. The van der Waals surface area contributed by atoms with Gasteiger partial charge in [0.2, 0.25) is 0 Å². The topological polar surface area (TPSA) is 29.1 Å². The van der Waals surface area contributed by atoms with Gasteiger partial charge in [-0.05, 0) is 27.7 Å². The van der Waals surface area contributed by atoms with Crippen LogP contribution in [0.1, 0.15) is 27.7 Å². The molecule has 0 aromatic rings. The quantitative estimate of drug-likeness (QED) is 0.774. The molecule has 6 heteroatoms. The van der Waals surface area contributed by atoms with Crippen molar-refractivity contribution in [3.63, 3.8) is 0 Å². The molecule has 0 aromatic carbocycles. The lowest BCUT2D eigenvalue weighted by Crippen LogP contribution is -2.37. The summed E-state index contributed by atoms with van der Waals surface area (Å²) in [6.45, 7) is 6.04. The first-order valence-corrected chi connectivity index (χ1v) is 5.16. The largest absolute Gasteiger partial charge is 0.431 e. The first-order chi connectivity index (χ1) is 6.09. The van der Waals surface area contributed by atoms with Crippen LogP contribution in [0.25, 0.3) is 0 Å². The first-order valence-electron chi connectivity index (χ1n) is 4.01. The lowest BCUT2D eigenvalue weighted by molar-refractivity contribution is -0.0944. The Morgan fingerprint density at radius 3 is 1.93 bits per heavy atom. The van der Waals surface area contributed by atoms with Crippen LogP contribution in [-0.4, -0.2) is 15.1 Å². The monoisotopic (exact) mass is 229 g/mol. The van der Waals surface area contributed by atoms with Crippen molar-refractivity contribution >= 4 is 11.0 Å². The maximum Gasteiger partial charge on any atom is 0.431 e. The molecule has 0 spiro atoms. The van der Waals surface area contributed by atoms with Crippen LogP contribution in [-0.2, 0) is 11.0 Å². The van der Waals surface area contributed by atoms with E-state index in [1.807, 2.05) is 4.72 Å². The van der Waals surface area contributed by atoms with Gasteiger partial charge in [-0.2, -0.15) is 13.2 Å². The van der Waals surface area contributed by atoms with Gasteiger partial charge in [0.05, 0.1) is 4.75 Å². The Morgan fingerprint density at radius 2 is 1.71 bits per heavy atom. The molecule has 0 bridgehead atoms. The van der Waals surface area contributed by atoms with E-state index >= 15 is 0 Å². The van der Waals surface area contributed by atoms with Gasteiger partial charge >= 0.3 is 6.18 Å². The summed E-state index contributed by atoms with van der Waals surface area (Å²) in [7, 11) is -1.75. The third kappa shape index (κ3) is 4.13. The van der Waals surface area contributed by atoms with Gasteiger partial charge < -0.3 is 4.72 Å². The van der Waals surface area contributed by atoms with Crippen molar-refractivity contribution in [1.29, 1.82) is 0 Å². The summed E-state index contributed by atoms with van der Waals surface area (Å²) in [5, 5.41) is 0. The number of nitrogens with one attached hydrogen (secondary N) is 1. The highest BCUT2D eigenvalue weighted by molar-refractivity contribution is 7.84. The van der Waals surface area contributed by atoms with Crippen LogP contribution in [0.5, 0.6) is 0 Å². The van der Waals surface area contributed by atoms with Crippen molar-refractivity contribution in [2.45, 2.75) is 38.6 Å². The lowest BCUT2D eigenvalue weighted by atomic mass is 10.3. The summed E-state index contributed by atoms with van der Waals surface area (Å²) in [6.07, 6.45) is -3.61. The SMILES string of the molecule is C/C=C(\N[S@@](=O)C(C)(C)C)C(F)(F)F. The summed E-state index contributed by atoms with van der Waals surface area (Å²) >= 11 is 0. The van der Waals surface area contributed by atoms with Crippen LogP contribution >= 0.6 is 0 Å². The van der Waals surface area contributed by atoms with Crippen LogP contribution < -0.4 is 4.72 Å². The van der Waals surface area contributed by atoms with Crippen LogP contribution in [0, 0.1) is 0 Å². The summed E-state index contributed by atoms with van der Waals surface area (Å²) in [5.41, 5.74) is -0.967. The number of halogens is 3. The maximum atomic E-state index is 12.2. The van der Waals surface area contributed by atoms with Crippen molar-refractivity contribution in [3.8, 4) is 0 Å². The van der Waals surface area contributed by atoms with E-state index < -0.39 is 27.6 Å².